The van der Waals surface area contributed by atoms with Crippen molar-refractivity contribution in [3.63, 3.8) is 0 Å². The number of nitrogens with zero attached hydrogens (tertiary/aromatic N) is 1. The summed E-state index contributed by atoms with van der Waals surface area (Å²) in [6, 6.07) is 22.9. The lowest BCUT2D eigenvalue weighted by Gasteiger charge is -2.04. The zero-order chi connectivity index (χ0) is 17.2. The van der Waals surface area contributed by atoms with Crippen molar-refractivity contribution in [1.82, 2.24) is 9.97 Å². The second-order valence-electron chi connectivity index (χ2n) is 5.69. The van der Waals surface area contributed by atoms with Crippen molar-refractivity contribution in [3.8, 4) is 33.8 Å². The van der Waals surface area contributed by atoms with Gasteiger partial charge in [0.15, 0.2) is 0 Å². The molecule has 0 aliphatic rings. The van der Waals surface area contributed by atoms with Crippen molar-refractivity contribution in [2.75, 3.05) is 0 Å². The van der Waals surface area contributed by atoms with E-state index in [-0.39, 0.29) is 5.56 Å². The average molecular weight is 349 g/mol. The number of H-pyrrole nitrogens is 1. The van der Waals surface area contributed by atoms with Crippen molar-refractivity contribution in [2.24, 2.45) is 0 Å². The quantitative estimate of drug-likeness (QED) is 0.469. The van der Waals surface area contributed by atoms with Gasteiger partial charge < -0.3 is 4.98 Å². The Morgan fingerprint density at radius 2 is 1.44 bits per heavy atom. The maximum atomic E-state index is 14.0. The molecule has 0 amide bonds. The molecule has 4 aromatic rings. The number of aromatic nitrogens is 2. The predicted molar refractivity (Wildman–Crippen MR) is 99.9 cm³/mol. The van der Waals surface area contributed by atoms with E-state index in [4.69, 9.17) is 11.6 Å². The van der Waals surface area contributed by atoms with Crippen LogP contribution in [0.4, 0.5) is 4.39 Å². The summed E-state index contributed by atoms with van der Waals surface area (Å²) in [5.74, 6) is 0.0260. The number of halogens is 2. The number of benzene rings is 3. The average Bonchev–Trinajstić information content (AvgIpc) is 3.12. The Bertz CT molecular complexity index is 988. The first kappa shape index (κ1) is 15.6. The minimum Gasteiger partial charge on any atom is -0.338 e. The standard InChI is InChI=1S/C21H14ClFN2/c22-17-7-4-8-18(23)20(17)21-24-13-19(25-21)16-11-9-15(10-12-16)14-5-2-1-3-6-14/h1-13H,(H,24,25). The van der Waals surface area contributed by atoms with Gasteiger partial charge in [0.25, 0.3) is 0 Å². The first-order valence-electron chi connectivity index (χ1n) is 7.87. The molecule has 4 heteroatoms. The first-order chi connectivity index (χ1) is 12.2. The molecule has 1 heterocycles. The molecule has 0 atom stereocenters. The van der Waals surface area contributed by atoms with Gasteiger partial charge in [-0.3, -0.25) is 0 Å². The fourth-order valence-electron chi connectivity index (χ4n) is 2.79. The summed E-state index contributed by atoms with van der Waals surface area (Å²) < 4.78 is 14.0. The van der Waals surface area contributed by atoms with Crippen LogP contribution in [-0.4, -0.2) is 9.97 Å². The molecular formula is C21H14ClFN2. The molecule has 0 aliphatic heterocycles. The van der Waals surface area contributed by atoms with Crippen LogP contribution < -0.4 is 0 Å². The van der Waals surface area contributed by atoms with Gasteiger partial charge in [0, 0.05) is 0 Å². The van der Waals surface area contributed by atoms with E-state index in [9.17, 15) is 4.39 Å². The van der Waals surface area contributed by atoms with Gasteiger partial charge >= 0.3 is 0 Å². The minimum absolute atomic E-state index is 0.288. The predicted octanol–water partition coefficient (Wildman–Crippen LogP) is 6.20. The van der Waals surface area contributed by atoms with E-state index in [0.29, 0.717) is 10.8 Å². The molecule has 3 aromatic carbocycles. The smallest absolute Gasteiger partial charge is 0.142 e. The highest BCUT2D eigenvalue weighted by Gasteiger charge is 2.13. The second kappa shape index (κ2) is 6.54. The largest absolute Gasteiger partial charge is 0.338 e. The van der Waals surface area contributed by atoms with E-state index < -0.39 is 5.82 Å². The fraction of sp³-hybridized carbons (Fsp3) is 0. The van der Waals surface area contributed by atoms with Gasteiger partial charge in [-0.1, -0.05) is 72.3 Å². The van der Waals surface area contributed by atoms with Gasteiger partial charge in [-0.05, 0) is 28.8 Å². The maximum Gasteiger partial charge on any atom is 0.142 e. The van der Waals surface area contributed by atoms with E-state index in [2.05, 4.69) is 34.2 Å². The topological polar surface area (TPSA) is 28.7 Å². The molecule has 0 bridgehead atoms. The molecule has 0 saturated heterocycles. The summed E-state index contributed by atoms with van der Waals surface area (Å²) in [6.45, 7) is 0. The molecular weight excluding hydrogens is 335 g/mol. The highest BCUT2D eigenvalue weighted by molar-refractivity contribution is 6.33. The summed E-state index contributed by atoms with van der Waals surface area (Å²) in [4.78, 5) is 7.44. The van der Waals surface area contributed by atoms with E-state index in [1.54, 1.807) is 18.3 Å². The minimum atomic E-state index is -0.396. The Labute approximate surface area is 150 Å². The second-order valence-corrected chi connectivity index (χ2v) is 6.09. The van der Waals surface area contributed by atoms with E-state index in [1.807, 2.05) is 30.3 Å². The summed E-state index contributed by atoms with van der Waals surface area (Å²) in [6.07, 6.45) is 1.69. The van der Waals surface area contributed by atoms with Crippen LogP contribution in [0, 0.1) is 5.82 Å². The van der Waals surface area contributed by atoms with E-state index in [0.717, 1.165) is 22.4 Å². The van der Waals surface area contributed by atoms with Gasteiger partial charge in [-0.25, -0.2) is 9.37 Å². The van der Waals surface area contributed by atoms with Gasteiger partial charge in [0.1, 0.15) is 11.6 Å². The number of aromatic amines is 1. The zero-order valence-electron chi connectivity index (χ0n) is 13.2. The third-order valence-corrected chi connectivity index (χ3v) is 4.39. The highest BCUT2D eigenvalue weighted by Crippen LogP contribution is 2.30. The van der Waals surface area contributed by atoms with Crippen LogP contribution in [0.25, 0.3) is 33.8 Å². The molecule has 122 valence electrons. The zero-order valence-corrected chi connectivity index (χ0v) is 14.0. The third kappa shape index (κ3) is 3.06. The Morgan fingerprint density at radius 1 is 0.760 bits per heavy atom. The van der Waals surface area contributed by atoms with Crippen molar-refractivity contribution in [1.29, 1.82) is 0 Å². The Hall–Kier alpha value is -2.91. The van der Waals surface area contributed by atoms with Gasteiger partial charge in [-0.2, -0.15) is 0 Å². The summed E-state index contributed by atoms with van der Waals surface area (Å²) >= 11 is 6.11. The number of imidazole rings is 1. The van der Waals surface area contributed by atoms with Gasteiger partial charge in [-0.15, -0.1) is 0 Å². The molecule has 0 aliphatic carbocycles. The number of nitrogens with one attached hydrogen (secondary N) is 1. The summed E-state index contributed by atoms with van der Waals surface area (Å²) in [5.41, 5.74) is 4.38. The van der Waals surface area contributed by atoms with Crippen LogP contribution in [-0.2, 0) is 0 Å². The SMILES string of the molecule is Fc1cccc(Cl)c1-c1ncc(-c2ccc(-c3ccccc3)cc2)[nH]1. The molecule has 4 rings (SSSR count). The van der Waals surface area contributed by atoms with Crippen LogP contribution in [0.2, 0.25) is 5.02 Å². The Kier molecular flexibility index (Phi) is 4.08. The monoisotopic (exact) mass is 348 g/mol. The van der Waals surface area contributed by atoms with Crippen molar-refractivity contribution in [2.45, 2.75) is 0 Å². The molecule has 0 radical (unpaired) electrons. The van der Waals surface area contributed by atoms with Crippen molar-refractivity contribution in [3.05, 3.63) is 89.8 Å². The number of hydrogen-bond acceptors (Lipinski definition) is 1. The first-order valence-corrected chi connectivity index (χ1v) is 8.25. The van der Waals surface area contributed by atoms with Crippen LogP contribution in [0.15, 0.2) is 79.0 Å². The lowest BCUT2D eigenvalue weighted by molar-refractivity contribution is 0.630. The maximum absolute atomic E-state index is 14.0. The number of hydrogen-bond donors (Lipinski definition) is 1. The van der Waals surface area contributed by atoms with Gasteiger partial charge in [0.05, 0.1) is 22.5 Å². The molecule has 0 saturated carbocycles. The lowest BCUT2D eigenvalue weighted by Crippen LogP contribution is -1.88. The van der Waals surface area contributed by atoms with Crippen LogP contribution in [0.5, 0.6) is 0 Å². The molecule has 1 aromatic heterocycles. The molecule has 25 heavy (non-hydrogen) atoms. The molecule has 2 nitrogen and oxygen atoms in total. The van der Waals surface area contributed by atoms with Crippen molar-refractivity contribution < 1.29 is 4.39 Å². The number of rotatable bonds is 3. The summed E-state index contributed by atoms with van der Waals surface area (Å²) in [5, 5.41) is 0.334. The van der Waals surface area contributed by atoms with E-state index >= 15 is 0 Å². The fourth-order valence-corrected chi connectivity index (χ4v) is 3.04. The molecule has 0 unspecified atom stereocenters. The van der Waals surface area contributed by atoms with Crippen molar-refractivity contribution >= 4 is 11.6 Å². The third-order valence-electron chi connectivity index (χ3n) is 4.08. The normalized spacial score (nSPS) is 10.8. The summed E-state index contributed by atoms with van der Waals surface area (Å²) in [7, 11) is 0. The Morgan fingerprint density at radius 3 is 2.16 bits per heavy atom. The molecule has 0 spiro atoms. The van der Waals surface area contributed by atoms with Crippen LogP contribution >= 0.6 is 11.6 Å². The Balaban J connectivity index is 1.67. The van der Waals surface area contributed by atoms with E-state index in [1.165, 1.54) is 6.07 Å². The van der Waals surface area contributed by atoms with Crippen LogP contribution in [0.1, 0.15) is 0 Å². The van der Waals surface area contributed by atoms with Crippen LogP contribution in [0.3, 0.4) is 0 Å². The lowest BCUT2D eigenvalue weighted by atomic mass is 10.0. The molecule has 0 fully saturated rings. The highest BCUT2D eigenvalue weighted by atomic mass is 35.5. The molecule has 1 N–H and O–H groups in total. The van der Waals surface area contributed by atoms with Gasteiger partial charge in [0.2, 0.25) is 0 Å².